The van der Waals surface area contributed by atoms with Crippen molar-refractivity contribution in [2.24, 2.45) is 0 Å². The Kier molecular flexibility index (Phi) is 4.96. The van der Waals surface area contributed by atoms with Gasteiger partial charge in [-0.2, -0.15) is 4.98 Å². The van der Waals surface area contributed by atoms with E-state index in [2.05, 4.69) is 52.3 Å². The molecule has 4 aromatic rings. The van der Waals surface area contributed by atoms with Crippen LogP contribution in [0.25, 0.3) is 21.6 Å². The highest BCUT2D eigenvalue weighted by Crippen LogP contribution is 2.31. The van der Waals surface area contributed by atoms with Crippen molar-refractivity contribution in [1.29, 1.82) is 0 Å². The van der Waals surface area contributed by atoms with Crippen LogP contribution in [-0.4, -0.2) is 46.0 Å². The van der Waals surface area contributed by atoms with Crippen LogP contribution in [0.3, 0.4) is 0 Å². The molecule has 0 radical (unpaired) electrons. The number of benzene rings is 2. The molecule has 5 nitrogen and oxygen atoms in total. The molecule has 1 saturated heterocycles. The van der Waals surface area contributed by atoms with E-state index in [1.165, 1.54) is 5.56 Å². The minimum atomic E-state index is 0.819. The Morgan fingerprint density at radius 3 is 2.24 bits per heavy atom. The Labute approximate surface area is 174 Å². The molecule has 0 amide bonds. The lowest BCUT2D eigenvalue weighted by molar-refractivity contribution is 0.249. The number of thiazole rings is 1. The van der Waals surface area contributed by atoms with E-state index in [4.69, 9.17) is 15.0 Å². The number of anilines is 1. The van der Waals surface area contributed by atoms with Crippen LogP contribution in [0.4, 0.5) is 5.95 Å². The molecule has 0 N–H and O–H groups in total. The third kappa shape index (κ3) is 3.86. The Hall–Kier alpha value is -2.83. The van der Waals surface area contributed by atoms with E-state index in [0.717, 1.165) is 65.3 Å². The first-order valence-corrected chi connectivity index (χ1v) is 10.8. The van der Waals surface area contributed by atoms with Crippen molar-refractivity contribution in [3.63, 3.8) is 0 Å². The zero-order chi connectivity index (χ0) is 19.6. The van der Waals surface area contributed by atoms with E-state index < -0.39 is 0 Å². The highest BCUT2D eigenvalue weighted by Gasteiger charge is 2.22. The molecule has 29 heavy (non-hydrogen) atoms. The van der Waals surface area contributed by atoms with E-state index in [9.17, 15) is 0 Å². The summed E-state index contributed by atoms with van der Waals surface area (Å²) in [6.45, 7) is 6.92. The van der Waals surface area contributed by atoms with Crippen molar-refractivity contribution in [2.75, 3.05) is 31.1 Å². The van der Waals surface area contributed by atoms with Crippen molar-refractivity contribution in [2.45, 2.75) is 13.5 Å². The molecule has 6 heteroatoms. The molecular formula is C23H23N5S. The second-order valence-electron chi connectivity index (χ2n) is 7.37. The molecule has 0 bridgehead atoms. The maximum Gasteiger partial charge on any atom is 0.227 e. The Morgan fingerprint density at radius 1 is 0.828 bits per heavy atom. The van der Waals surface area contributed by atoms with E-state index in [1.54, 1.807) is 11.3 Å². The minimum Gasteiger partial charge on any atom is -0.338 e. The summed E-state index contributed by atoms with van der Waals surface area (Å²) in [5, 5.41) is 1.02. The van der Waals surface area contributed by atoms with Gasteiger partial charge in [-0.25, -0.2) is 9.97 Å². The molecule has 1 aliphatic rings. The molecule has 0 atom stereocenters. The Morgan fingerprint density at radius 2 is 1.52 bits per heavy atom. The van der Waals surface area contributed by atoms with Crippen molar-refractivity contribution >= 4 is 27.6 Å². The summed E-state index contributed by atoms with van der Waals surface area (Å²) in [6.07, 6.45) is 0. The third-order valence-corrected chi connectivity index (χ3v) is 6.17. The van der Waals surface area contributed by atoms with E-state index in [0.29, 0.717) is 0 Å². The molecular weight excluding hydrogens is 378 g/mol. The quantitative estimate of drug-likeness (QED) is 0.508. The summed E-state index contributed by atoms with van der Waals surface area (Å²) in [7, 11) is 0. The van der Waals surface area contributed by atoms with Gasteiger partial charge in [0.25, 0.3) is 0 Å². The third-order valence-electron chi connectivity index (χ3n) is 5.31. The van der Waals surface area contributed by atoms with Gasteiger partial charge in [-0.15, -0.1) is 0 Å². The molecule has 2 aromatic carbocycles. The molecule has 2 aromatic heterocycles. The first-order valence-electron chi connectivity index (χ1n) is 9.98. The maximum absolute atomic E-state index is 4.96. The number of piperazine rings is 1. The molecule has 0 saturated carbocycles. The minimum absolute atomic E-state index is 0.819. The number of aryl methyl sites for hydroxylation is 1. The normalized spacial score (nSPS) is 15.1. The van der Waals surface area contributed by atoms with E-state index >= 15 is 0 Å². The standard InChI is InChI=1S/C23H23N5S/c1-17-24-21-20(19-10-6-3-7-11-19)25-23(26-22(21)29-17)28-14-12-27(13-15-28)16-18-8-4-2-5-9-18/h2-11H,12-16H2,1H3. The number of hydrogen-bond acceptors (Lipinski definition) is 6. The molecule has 146 valence electrons. The Balaban J connectivity index is 1.40. The lowest BCUT2D eigenvalue weighted by atomic mass is 10.1. The molecule has 1 aliphatic heterocycles. The fourth-order valence-corrected chi connectivity index (χ4v) is 4.58. The summed E-state index contributed by atoms with van der Waals surface area (Å²) in [5.74, 6) is 0.819. The van der Waals surface area contributed by atoms with Crippen LogP contribution in [0, 0.1) is 6.92 Å². The van der Waals surface area contributed by atoms with Crippen molar-refractivity contribution in [1.82, 2.24) is 19.9 Å². The maximum atomic E-state index is 4.96. The smallest absolute Gasteiger partial charge is 0.227 e. The summed E-state index contributed by atoms with van der Waals surface area (Å²) in [5.41, 5.74) is 4.30. The predicted octanol–water partition coefficient (Wildman–Crippen LogP) is 4.38. The van der Waals surface area contributed by atoms with Gasteiger partial charge in [-0.1, -0.05) is 72.0 Å². The average Bonchev–Trinajstić information content (AvgIpc) is 3.15. The van der Waals surface area contributed by atoms with Crippen LogP contribution in [0.1, 0.15) is 10.6 Å². The zero-order valence-corrected chi connectivity index (χ0v) is 17.3. The van der Waals surface area contributed by atoms with Gasteiger partial charge in [0.05, 0.1) is 5.01 Å². The molecule has 0 aliphatic carbocycles. The highest BCUT2D eigenvalue weighted by atomic mass is 32.1. The fraction of sp³-hybridized carbons (Fsp3) is 0.261. The van der Waals surface area contributed by atoms with Gasteiger partial charge in [0.1, 0.15) is 16.0 Å². The van der Waals surface area contributed by atoms with Gasteiger partial charge in [0.15, 0.2) is 0 Å². The number of nitrogens with zero attached hydrogens (tertiary/aromatic N) is 5. The van der Waals surface area contributed by atoms with Gasteiger partial charge in [0, 0.05) is 38.3 Å². The Bertz CT molecular complexity index is 1100. The predicted molar refractivity (Wildman–Crippen MR) is 119 cm³/mol. The lowest BCUT2D eigenvalue weighted by Gasteiger charge is -2.34. The van der Waals surface area contributed by atoms with Crippen molar-refractivity contribution < 1.29 is 0 Å². The summed E-state index contributed by atoms with van der Waals surface area (Å²) >= 11 is 1.64. The SMILES string of the molecule is Cc1nc2c(-c3ccccc3)nc(N3CCN(Cc4ccccc4)CC3)nc2s1. The molecule has 0 unspecified atom stereocenters. The van der Waals surface area contributed by atoms with Crippen LogP contribution in [0.2, 0.25) is 0 Å². The zero-order valence-electron chi connectivity index (χ0n) is 16.5. The van der Waals surface area contributed by atoms with Crippen LogP contribution < -0.4 is 4.90 Å². The van der Waals surface area contributed by atoms with Gasteiger partial charge >= 0.3 is 0 Å². The number of aromatic nitrogens is 3. The summed E-state index contributed by atoms with van der Waals surface area (Å²) in [6, 6.07) is 21.0. The lowest BCUT2D eigenvalue weighted by Crippen LogP contribution is -2.46. The highest BCUT2D eigenvalue weighted by molar-refractivity contribution is 7.18. The van der Waals surface area contributed by atoms with Gasteiger partial charge in [-0.05, 0) is 12.5 Å². The van der Waals surface area contributed by atoms with Crippen LogP contribution in [-0.2, 0) is 6.54 Å². The molecule has 5 rings (SSSR count). The molecule has 1 fully saturated rings. The number of hydrogen-bond donors (Lipinski definition) is 0. The van der Waals surface area contributed by atoms with Crippen LogP contribution in [0.15, 0.2) is 60.7 Å². The molecule has 0 spiro atoms. The summed E-state index contributed by atoms with van der Waals surface area (Å²) in [4.78, 5) is 20.3. The van der Waals surface area contributed by atoms with Crippen LogP contribution in [0.5, 0.6) is 0 Å². The first-order chi connectivity index (χ1) is 14.3. The topological polar surface area (TPSA) is 45.2 Å². The summed E-state index contributed by atoms with van der Waals surface area (Å²) < 4.78 is 0. The van der Waals surface area contributed by atoms with Crippen LogP contribution >= 0.6 is 11.3 Å². The second kappa shape index (κ2) is 7.89. The van der Waals surface area contributed by atoms with E-state index in [1.807, 2.05) is 25.1 Å². The second-order valence-corrected chi connectivity index (χ2v) is 8.56. The first kappa shape index (κ1) is 18.2. The monoisotopic (exact) mass is 401 g/mol. The fourth-order valence-electron chi connectivity index (χ4n) is 3.80. The molecule has 3 heterocycles. The van der Waals surface area contributed by atoms with Gasteiger partial charge in [-0.3, -0.25) is 4.90 Å². The number of rotatable bonds is 4. The van der Waals surface area contributed by atoms with Gasteiger partial charge < -0.3 is 4.90 Å². The number of fused-ring (bicyclic) bond motifs is 1. The van der Waals surface area contributed by atoms with Crippen molar-refractivity contribution in [3.8, 4) is 11.3 Å². The van der Waals surface area contributed by atoms with E-state index in [-0.39, 0.29) is 0 Å². The van der Waals surface area contributed by atoms with Crippen molar-refractivity contribution in [3.05, 3.63) is 71.2 Å². The van der Waals surface area contributed by atoms with Gasteiger partial charge in [0.2, 0.25) is 5.95 Å². The average molecular weight is 402 g/mol. The largest absolute Gasteiger partial charge is 0.338 e.